The Kier molecular flexibility index (Phi) is 3.02. The van der Waals surface area contributed by atoms with Crippen LogP contribution in [-0.4, -0.2) is 0 Å². The molecule has 16 heavy (non-hydrogen) atoms. The molecule has 0 fully saturated rings. The van der Waals surface area contributed by atoms with E-state index in [-0.39, 0.29) is 11.3 Å². The van der Waals surface area contributed by atoms with Crippen molar-refractivity contribution in [1.29, 1.82) is 5.26 Å². The first-order chi connectivity index (χ1) is 7.81. The molecule has 0 spiro atoms. The van der Waals surface area contributed by atoms with Gasteiger partial charge in [-0.15, -0.1) is 0 Å². The Hall–Kier alpha value is -2.08. The largest absolute Gasteiger partial charge is 0.453 e. The molecule has 0 amide bonds. The molecule has 0 unspecified atom stereocenters. The molecule has 0 bridgehead atoms. The number of benzene rings is 1. The minimum Gasteiger partial charge on any atom is -0.453 e. The highest BCUT2D eigenvalue weighted by atomic mass is 19.1. The first-order valence-electron chi connectivity index (χ1n) is 4.88. The third kappa shape index (κ3) is 2.12. The molecule has 79 valence electrons. The van der Waals surface area contributed by atoms with Crippen LogP contribution in [0, 0.1) is 17.8 Å². The Morgan fingerprint density at radius 3 is 2.69 bits per heavy atom. The van der Waals surface area contributed by atoms with Gasteiger partial charge < -0.3 is 4.74 Å². The van der Waals surface area contributed by atoms with Gasteiger partial charge in [0.1, 0.15) is 5.75 Å². The molecule has 2 nitrogen and oxygen atoms in total. The van der Waals surface area contributed by atoms with Crippen molar-refractivity contribution in [3.63, 3.8) is 0 Å². The van der Waals surface area contributed by atoms with Crippen LogP contribution < -0.4 is 4.74 Å². The molecule has 1 aromatic rings. The minimum atomic E-state index is -0.483. The number of para-hydroxylation sites is 1. The Morgan fingerprint density at radius 1 is 1.25 bits per heavy atom. The van der Waals surface area contributed by atoms with Gasteiger partial charge in [0, 0.05) is 6.42 Å². The summed E-state index contributed by atoms with van der Waals surface area (Å²) < 4.78 is 18.8. The quantitative estimate of drug-likeness (QED) is 0.756. The number of ether oxygens (including phenoxy) is 1. The normalized spacial score (nSPS) is 15.4. The molecule has 0 aliphatic heterocycles. The van der Waals surface area contributed by atoms with Gasteiger partial charge in [-0.05, 0) is 24.6 Å². The smallest absolute Gasteiger partial charge is 0.176 e. The van der Waals surface area contributed by atoms with Crippen LogP contribution in [-0.2, 0) is 0 Å². The van der Waals surface area contributed by atoms with Gasteiger partial charge in [0.25, 0.3) is 0 Å². The fourth-order valence-electron chi connectivity index (χ4n) is 1.40. The maximum absolute atomic E-state index is 13.5. The summed E-state index contributed by atoms with van der Waals surface area (Å²) in [5.74, 6) is 0.0342. The van der Waals surface area contributed by atoms with Crippen LogP contribution in [0.4, 0.5) is 4.39 Å². The number of hydrogen-bond donors (Lipinski definition) is 0. The highest BCUT2D eigenvalue weighted by molar-refractivity contribution is 5.45. The van der Waals surface area contributed by atoms with Crippen LogP contribution in [0.15, 0.2) is 53.6 Å². The van der Waals surface area contributed by atoms with Crippen molar-refractivity contribution in [3.05, 3.63) is 60.0 Å². The second kappa shape index (κ2) is 4.63. The van der Waals surface area contributed by atoms with Crippen molar-refractivity contribution in [2.45, 2.75) is 6.42 Å². The third-order valence-electron chi connectivity index (χ3n) is 2.16. The van der Waals surface area contributed by atoms with E-state index in [2.05, 4.69) is 0 Å². The van der Waals surface area contributed by atoms with Gasteiger partial charge in [0.2, 0.25) is 0 Å². The summed E-state index contributed by atoms with van der Waals surface area (Å²) in [5.41, 5.74) is 0.240. The van der Waals surface area contributed by atoms with Gasteiger partial charge in [0.05, 0.1) is 11.6 Å². The Labute approximate surface area is 93.3 Å². The lowest BCUT2D eigenvalue weighted by Gasteiger charge is -2.13. The van der Waals surface area contributed by atoms with E-state index in [0.717, 1.165) is 0 Å². The van der Waals surface area contributed by atoms with E-state index in [1.54, 1.807) is 30.7 Å². The molecule has 0 saturated carbocycles. The molecule has 0 aromatic heterocycles. The van der Waals surface area contributed by atoms with Gasteiger partial charge >= 0.3 is 0 Å². The summed E-state index contributed by atoms with van der Waals surface area (Å²) >= 11 is 0. The van der Waals surface area contributed by atoms with Crippen LogP contribution in [0.3, 0.4) is 0 Å². The fraction of sp³-hybridized carbons (Fsp3) is 0.0769. The molecule has 0 heterocycles. The van der Waals surface area contributed by atoms with Crippen molar-refractivity contribution in [3.8, 4) is 11.8 Å². The number of nitriles is 1. The van der Waals surface area contributed by atoms with Gasteiger partial charge in [-0.25, -0.2) is 4.39 Å². The maximum atomic E-state index is 13.5. The van der Waals surface area contributed by atoms with E-state index in [0.29, 0.717) is 12.2 Å². The van der Waals surface area contributed by atoms with Crippen LogP contribution in [0.2, 0.25) is 0 Å². The zero-order valence-electron chi connectivity index (χ0n) is 8.48. The number of nitrogens with zero attached hydrogens (tertiary/aromatic N) is 1. The molecule has 0 atom stereocenters. The first-order valence-corrected chi connectivity index (χ1v) is 4.88. The standard InChI is InChI=1S/C13H9FNO/c14-12-8-4-5-10(9-15)13(12)16-11-6-2-1-3-7-11/h1-3,5-8H,4H2. The van der Waals surface area contributed by atoms with E-state index in [9.17, 15) is 4.39 Å². The van der Waals surface area contributed by atoms with Crippen LogP contribution in [0.5, 0.6) is 5.75 Å². The average molecular weight is 214 g/mol. The Morgan fingerprint density at radius 2 is 2.00 bits per heavy atom. The highest BCUT2D eigenvalue weighted by Gasteiger charge is 2.18. The van der Waals surface area contributed by atoms with Crippen LogP contribution >= 0.6 is 0 Å². The molecule has 1 aliphatic rings. The van der Waals surface area contributed by atoms with Crippen molar-refractivity contribution >= 4 is 0 Å². The molecule has 1 aromatic carbocycles. The third-order valence-corrected chi connectivity index (χ3v) is 2.16. The Balaban J connectivity index is 2.29. The van der Waals surface area contributed by atoms with Gasteiger partial charge in [-0.3, -0.25) is 0 Å². The van der Waals surface area contributed by atoms with Crippen molar-refractivity contribution in [1.82, 2.24) is 0 Å². The zero-order chi connectivity index (χ0) is 11.4. The molecule has 0 saturated heterocycles. The summed E-state index contributed by atoms with van der Waals surface area (Å²) in [7, 11) is 0. The molecule has 1 radical (unpaired) electrons. The summed E-state index contributed by atoms with van der Waals surface area (Å²) in [6.07, 6.45) is 3.46. The van der Waals surface area contributed by atoms with Crippen molar-refractivity contribution in [2.24, 2.45) is 0 Å². The predicted octanol–water partition coefficient (Wildman–Crippen LogP) is 3.30. The molecular formula is C13H9FNO. The fourth-order valence-corrected chi connectivity index (χ4v) is 1.40. The second-order valence-electron chi connectivity index (χ2n) is 3.26. The summed E-state index contributed by atoms with van der Waals surface area (Å²) in [6.45, 7) is 0. The number of halogens is 1. The van der Waals surface area contributed by atoms with Gasteiger partial charge in [-0.1, -0.05) is 18.2 Å². The van der Waals surface area contributed by atoms with E-state index in [1.165, 1.54) is 6.08 Å². The molecule has 3 heteroatoms. The lowest BCUT2D eigenvalue weighted by atomic mass is 10.0. The first kappa shape index (κ1) is 10.4. The number of allylic oxidation sites excluding steroid dienone is 3. The van der Waals surface area contributed by atoms with Crippen molar-refractivity contribution < 1.29 is 9.13 Å². The summed E-state index contributed by atoms with van der Waals surface area (Å²) in [5, 5.41) is 8.84. The Bertz CT molecular complexity index is 482. The topological polar surface area (TPSA) is 33.0 Å². The molecule has 2 rings (SSSR count). The predicted molar refractivity (Wildman–Crippen MR) is 57.8 cm³/mol. The summed E-state index contributed by atoms with van der Waals surface area (Å²) in [6, 6.07) is 10.8. The van der Waals surface area contributed by atoms with Gasteiger partial charge in [0.15, 0.2) is 11.6 Å². The minimum absolute atomic E-state index is 0.0000463. The SMILES string of the molecule is N#CC1=C(Oc2ccccc2)C(F)=CC[CH]1. The van der Waals surface area contributed by atoms with E-state index >= 15 is 0 Å². The monoisotopic (exact) mass is 214 g/mol. The second-order valence-corrected chi connectivity index (χ2v) is 3.26. The lowest BCUT2D eigenvalue weighted by molar-refractivity contribution is 0.396. The number of rotatable bonds is 2. The van der Waals surface area contributed by atoms with E-state index in [1.807, 2.05) is 12.1 Å². The van der Waals surface area contributed by atoms with Crippen LogP contribution in [0.1, 0.15) is 6.42 Å². The average Bonchev–Trinajstić information content (AvgIpc) is 2.33. The lowest BCUT2D eigenvalue weighted by Crippen LogP contribution is -2.05. The molecule has 0 N–H and O–H groups in total. The van der Waals surface area contributed by atoms with Gasteiger partial charge in [-0.2, -0.15) is 5.26 Å². The summed E-state index contributed by atoms with van der Waals surface area (Å²) in [4.78, 5) is 0. The van der Waals surface area contributed by atoms with Crippen molar-refractivity contribution in [2.75, 3.05) is 0 Å². The molecular weight excluding hydrogens is 205 g/mol. The van der Waals surface area contributed by atoms with E-state index < -0.39 is 5.83 Å². The molecule has 1 aliphatic carbocycles. The van der Waals surface area contributed by atoms with E-state index in [4.69, 9.17) is 10.00 Å². The van der Waals surface area contributed by atoms with Crippen LogP contribution in [0.25, 0.3) is 0 Å². The zero-order valence-corrected chi connectivity index (χ0v) is 8.48. The maximum Gasteiger partial charge on any atom is 0.176 e. The highest BCUT2D eigenvalue weighted by Crippen LogP contribution is 2.27. The number of hydrogen-bond acceptors (Lipinski definition) is 2.